The van der Waals surface area contributed by atoms with Crippen LogP contribution in [0.25, 0.3) is 0 Å². The number of anilines is 2. The van der Waals surface area contributed by atoms with Crippen molar-refractivity contribution in [2.75, 3.05) is 36.4 Å². The van der Waals surface area contributed by atoms with E-state index in [4.69, 9.17) is 4.74 Å². The molecular weight excluding hydrogens is 326 g/mol. The van der Waals surface area contributed by atoms with Crippen LogP contribution in [0.5, 0.6) is 0 Å². The molecule has 1 aromatic rings. The lowest BCUT2D eigenvalue weighted by atomic mass is 10.0. The maximum Gasteiger partial charge on any atom is 0.410 e. The smallest absolute Gasteiger partial charge is 0.410 e. The molecule has 1 aromatic carbocycles. The average molecular weight is 360 g/mol. The van der Waals surface area contributed by atoms with E-state index in [2.05, 4.69) is 35.3 Å². The largest absolute Gasteiger partial charge is 0.444 e. The van der Waals surface area contributed by atoms with Crippen molar-refractivity contribution in [2.45, 2.75) is 65.0 Å². The molecule has 5 heteroatoms. The molecule has 2 saturated heterocycles. The highest BCUT2D eigenvalue weighted by Crippen LogP contribution is 2.31. The number of piperidine rings is 1. The van der Waals surface area contributed by atoms with E-state index in [1.165, 1.54) is 29.8 Å². The molecule has 2 heterocycles. The van der Waals surface area contributed by atoms with Crippen LogP contribution in [0.15, 0.2) is 18.2 Å². The van der Waals surface area contributed by atoms with Gasteiger partial charge in [0, 0.05) is 32.2 Å². The number of carbonyl (C=O) groups is 1. The molecule has 144 valence electrons. The lowest BCUT2D eigenvalue weighted by Crippen LogP contribution is -2.44. The summed E-state index contributed by atoms with van der Waals surface area (Å²) in [6.07, 6.45) is 4.27. The summed E-state index contributed by atoms with van der Waals surface area (Å²) in [6.45, 7) is 11.7. The zero-order chi connectivity index (χ0) is 18.7. The van der Waals surface area contributed by atoms with Gasteiger partial charge in [0.15, 0.2) is 0 Å². The van der Waals surface area contributed by atoms with E-state index >= 15 is 0 Å². The van der Waals surface area contributed by atoms with Crippen LogP contribution in [0.3, 0.4) is 0 Å². The van der Waals surface area contributed by atoms with Crippen molar-refractivity contribution in [1.82, 2.24) is 4.90 Å². The summed E-state index contributed by atoms with van der Waals surface area (Å²) in [5.74, 6) is 0. The number of hydrogen-bond donors (Lipinski definition) is 1. The fourth-order valence-corrected chi connectivity index (χ4v) is 3.75. The van der Waals surface area contributed by atoms with Crippen LogP contribution in [-0.4, -0.2) is 48.8 Å². The number of hydrogen-bond acceptors (Lipinski definition) is 4. The van der Waals surface area contributed by atoms with Crippen molar-refractivity contribution in [2.24, 2.45) is 0 Å². The van der Waals surface area contributed by atoms with Gasteiger partial charge < -0.3 is 19.9 Å². The number of nitrogens with one attached hydrogen (secondary N) is 1. The van der Waals surface area contributed by atoms with Gasteiger partial charge in [-0.1, -0.05) is 6.07 Å². The summed E-state index contributed by atoms with van der Waals surface area (Å²) in [5, 5.41) is 3.75. The van der Waals surface area contributed by atoms with Gasteiger partial charge in [-0.2, -0.15) is 0 Å². The Morgan fingerprint density at radius 3 is 2.38 bits per heavy atom. The van der Waals surface area contributed by atoms with E-state index in [1.807, 2.05) is 25.7 Å². The number of carbonyl (C=O) groups excluding carboxylic acids is 1. The highest BCUT2D eigenvalue weighted by atomic mass is 16.6. The molecule has 0 bridgehead atoms. The topological polar surface area (TPSA) is 44.8 Å². The average Bonchev–Trinajstić information content (AvgIpc) is 3.08. The summed E-state index contributed by atoms with van der Waals surface area (Å²) in [4.78, 5) is 16.5. The Hall–Kier alpha value is -1.91. The molecule has 2 fully saturated rings. The predicted molar refractivity (Wildman–Crippen MR) is 107 cm³/mol. The molecule has 3 rings (SSSR count). The molecule has 2 aliphatic heterocycles. The number of aryl methyl sites for hydroxylation is 1. The molecule has 0 aliphatic carbocycles. The predicted octanol–water partition coefficient (Wildman–Crippen LogP) is 4.41. The number of nitrogens with zero attached hydrogens (tertiary/aromatic N) is 2. The standard InChI is InChI=1S/C21H33N3O2/c1-16-7-8-19(23-11-5-6-12-23)18(15-16)22-17-9-13-24(14-10-17)20(25)26-21(2,3)4/h7-8,15,17,22H,5-6,9-14H2,1-4H3. The van der Waals surface area contributed by atoms with Crippen LogP contribution in [0.2, 0.25) is 0 Å². The minimum Gasteiger partial charge on any atom is -0.444 e. The molecule has 5 nitrogen and oxygen atoms in total. The Labute approximate surface area is 157 Å². The minimum absolute atomic E-state index is 0.190. The third-order valence-corrected chi connectivity index (χ3v) is 5.11. The molecule has 1 N–H and O–H groups in total. The third-order valence-electron chi connectivity index (χ3n) is 5.11. The van der Waals surface area contributed by atoms with Crippen molar-refractivity contribution in [3.8, 4) is 0 Å². The molecule has 0 aromatic heterocycles. The van der Waals surface area contributed by atoms with Crippen molar-refractivity contribution in [3.63, 3.8) is 0 Å². The number of ether oxygens (including phenoxy) is 1. The van der Waals surface area contributed by atoms with Gasteiger partial charge in [-0.15, -0.1) is 0 Å². The summed E-state index contributed by atoms with van der Waals surface area (Å²) in [6, 6.07) is 7.10. The zero-order valence-electron chi connectivity index (χ0n) is 16.7. The molecule has 0 spiro atoms. The van der Waals surface area contributed by atoms with E-state index in [9.17, 15) is 4.79 Å². The summed E-state index contributed by atoms with van der Waals surface area (Å²) >= 11 is 0. The number of amides is 1. The second kappa shape index (κ2) is 7.77. The van der Waals surface area contributed by atoms with Gasteiger partial charge in [0.1, 0.15) is 5.60 Å². The number of likely N-dealkylation sites (tertiary alicyclic amines) is 1. The van der Waals surface area contributed by atoms with Crippen molar-refractivity contribution < 1.29 is 9.53 Å². The first-order chi connectivity index (χ1) is 12.3. The van der Waals surface area contributed by atoms with Crippen molar-refractivity contribution >= 4 is 17.5 Å². The summed E-state index contributed by atoms with van der Waals surface area (Å²) < 4.78 is 5.49. The second-order valence-electron chi connectivity index (χ2n) is 8.60. The molecule has 2 aliphatic rings. The van der Waals surface area contributed by atoms with Gasteiger partial charge in [-0.25, -0.2) is 4.79 Å². The minimum atomic E-state index is -0.432. The fraction of sp³-hybridized carbons (Fsp3) is 0.667. The lowest BCUT2D eigenvalue weighted by molar-refractivity contribution is 0.0210. The molecule has 0 unspecified atom stereocenters. The normalized spacial score (nSPS) is 18.9. The number of benzene rings is 1. The SMILES string of the molecule is Cc1ccc(N2CCCC2)c(NC2CCN(C(=O)OC(C)(C)C)CC2)c1. The highest BCUT2D eigenvalue weighted by Gasteiger charge is 2.27. The fourth-order valence-electron chi connectivity index (χ4n) is 3.75. The van der Waals surface area contributed by atoms with Gasteiger partial charge in [0.05, 0.1) is 11.4 Å². The Bertz CT molecular complexity index is 625. The van der Waals surface area contributed by atoms with Gasteiger partial charge >= 0.3 is 6.09 Å². The Balaban J connectivity index is 1.59. The van der Waals surface area contributed by atoms with Gasteiger partial charge in [0.25, 0.3) is 0 Å². The Kier molecular flexibility index (Phi) is 5.64. The first kappa shape index (κ1) is 18.9. The van der Waals surface area contributed by atoms with Crippen LogP contribution < -0.4 is 10.2 Å². The maximum absolute atomic E-state index is 12.2. The highest BCUT2D eigenvalue weighted by molar-refractivity contribution is 5.72. The molecular formula is C21H33N3O2. The summed E-state index contributed by atoms with van der Waals surface area (Å²) in [7, 11) is 0. The van der Waals surface area contributed by atoms with E-state index in [0.717, 1.165) is 39.0 Å². The maximum atomic E-state index is 12.2. The van der Waals surface area contributed by atoms with E-state index in [0.29, 0.717) is 6.04 Å². The molecule has 26 heavy (non-hydrogen) atoms. The van der Waals surface area contributed by atoms with Crippen LogP contribution in [0, 0.1) is 6.92 Å². The second-order valence-corrected chi connectivity index (χ2v) is 8.60. The lowest BCUT2D eigenvalue weighted by Gasteiger charge is -2.35. The monoisotopic (exact) mass is 359 g/mol. The van der Waals surface area contributed by atoms with Crippen molar-refractivity contribution in [1.29, 1.82) is 0 Å². The van der Waals surface area contributed by atoms with Crippen LogP contribution in [-0.2, 0) is 4.74 Å². The van der Waals surface area contributed by atoms with E-state index in [-0.39, 0.29) is 6.09 Å². The number of rotatable bonds is 3. The van der Waals surface area contributed by atoms with E-state index in [1.54, 1.807) is 0 Å². The molecule has 0 atom stereocenters. The van der Waals surface area contributed by atoms with Crippen LogP contribution >= 0.6 is 0 Å². The van der Waals surface area contributed by atoms with Crippen molar-refractivity contribution in [3.05, 3.63) is 23.8 Å². The van der Waals surface area contributed by atoms with Gasteiger partial charge in [-0.3, -0.25) is 0 Å². The Morgan fingerprint density at radius 2 is 1.77 bits per heavy atom. The zero-order valence-corrected chi connectivity index (χ0v) is 16.7. The quantitative estimate of drug-likeness (QED) is 0.868. The molecule has 0 radical (unpaired) electrons. The van der Waals surface area contributed by atoms with Gasteiger partial charge in [0.2, 0.25) is 0 Å². The summed E-state index contributed by atoms with van der Waals surface area (Å²) in [5.41, 5.74) is 3.41. The first-order valence-corrected chi connectivity index (χ1v) is 9.92. The van der Waals surface area contributed by atoms with E-state index < -0.39 is 5.60 Å². The van der Waals surface area contributed by atoms with Crippen LogP contribution in [0.1, 0.15) is 52.0 Å². The first-order valence-electron chi connectivity index (χ1n) is 9.92. The van der Waals surface area contributed by atoms with Gasteiger partial charge in [-0.05, 0) is 71.1 Å². The van der Waals surface area contributed by atoms with Crippen LogP contribution in [0.4, 0.5) is 16.2 Å². The molecule has 1 amide bonds. The third kappa shape index (κ3) is 4.83. The molecule has 0 saturated carbocycles. The Morgan fingerprint density at radius 1 is 1.12 bits per heavy atom.